The van der Waals surface area contributed by atoms with E-state index in [1.165, 1.54) is 0 Å². The molecule has 7 nitrogen and oxygen atoms in total. The molecule has 192 valence electrons. The second-order valence-corrected chi connectivity index (χ2v) is 8.94. The average molecular weight is 501 g/mol. The van der Waals surface area contributed by atoms with Crippen molar-refractivity contribution in [3.05, 3.63) is 96.3 Å². The number of hydrogen-bond acceptors (Lipinski definition) is 6. The fraction of sp³-hybridized carbons (Fsp3) is 0.300. The molecule has 3 aromatic rings. The molecule has 0 bridgehead atoms. The second-order valence-electron chi connectivity index (χ2n) is 8.94. The Hall–Kier alpha value is -4.13. The third kappa shape index (κ3) is 5.50. The molecule has 4 rings (SSSR count). The molecule has 0 saturated heterocycles. The maximum atomic E-state index is 13.8. The van der Waals surface area contributed by atoms with Crippen molar-refractivity contribution in [2.24, 2.45) is 10.9 Å². The van der Waals surface area contributed by atoms with E-state index in [2.05, 4.69) is 6.92 Å². The van der Waals surface area contributed by atoms with Crippen molar-refractivity contribution in [2.45, 2.75) is 38.1 Å². The van der Waals surface area contributed by atoms with Crippen LogP contribution >= 0.6 is 0 Å². The van der Waals surface area contributed by atoms with Gasteiger partial charge in [0.1, 0.15) is 17.1 Å². The van der Waals surface area contributed by atoms with Gasteiger partial charge in [-0.2, -0.15) is 0 Å². The van der Waals surface area contributed by atoms with Crippen LogP contribution in [0.15, 0.2) is 90.2 Å². The maximum absolute atomic E-state index is 13.8. The van der Waals surface area contributed by atoms with Crippen LogP contribution in [0.5, 0.6) is 11.5 Å². The molecule has 1 aromatic heterocycles. The number of ether oxygens (including phenoxy) is 3. The summed E-state index contributed by atoms with van der Waals surface area (Å²) in [4.78, 5) is 31.3. The monoisotopic (exact) mass is 500 g/mol. The number of hydrogen-bond donors (Lipinski definition) is 0. The van der Waals surface area contributed by atoms with E-state index >= 15 is 0 Å². The minimum Gasteiger partial charge on any atom is -0.496 e. The highest BCUT2D eigenvalue weighted by Gasteiger charge is 2.51. The number of carbonyl (C=O) groups is 2. The van der Waals surface area contributed by atoms with Gasteiger partial charge in [0.05, 0.1) is 14.2 Å². The molecule has 7 heteroatoms. The summed E-state index contributed by atoms with van der Waals surface area (Å²) in [5.41, 5.74) is 0.262. The number of methoxy groups -OCH3 is 2. The Morgan fingerprint density at radius 2 is 1.70 bits per heavy atom. The standard InChI is InChI=1S/C30H32N2O5/c1-4-12-23(15-10-18-26(33)32-19-8-9-20-32)30(21-22-13-6-5-7-14-22)29(34)37-28(31-30)27-24(35-2)16-11-17-25(27)36-3/h5-11,13-17,19-20,23H,4,12,18,21H2,1-3H3/b15-10+/t23-,30+/m0/s1. The Kier molecular flexibility index (Phi) is 8.23. The number of aliphatic imine (C=N–C) groups is 1. The summed E-state index contributed by atoms with van der Waals surface area (Å²) in [6, 6.07) is 18.8. The summed E-state index contributed by atoms with van der Waals surface area (Å²) in [7, 11) is 3.11. The molecule has 0 saturated carbocycles. The third-order valence-corrected chi connectivity index (χ3v) is 6.57. The van der Waals surface area contributed by atoms with E-state index in [0.717, 1.165) is 12.0 Å². The quantitative estimate of drug-likeness (QED) is 0.257. The van der Waals surface area contributed by atoms with Gasteiger partial charge in [0.2, 0.25) is 11.8 Å². The SMILES string of the molecule is CCC[C@@H](/C=C/CC(=O)n1cccc1)[C@@]1(Cc2ccccc2)N=C(c2c(OC)cccc2OC)OC1=O. The molecule has 1 aliphatic rings. The van der Waals surface area contributed by atoms with Crippen molar-refractivity contribution in [3.8, 4) is 11.5 Å². The Morgan fingerprint density at radius 3 is 2.32 bits per heavy atom. The molecule has 2 heterocycles. The van der Waals surface area contributed by atoms with Gasteiger partial charge >= 0.3 is 5.97 Å². The largest absolute Gasteiger partial charge is 0.496 e. The first-order valence-electron chi connectivity index (χ1n) is 12.4. The first-order chi connectivity index (χ1) is 18.0. The van der Waals surface area contributed by atoms with Crippen LogP contribution in [0, 0.1) is 5.92 Å². The molecule has 2 aromatic carbocycles. The zero-order valence-corrected chi connectivity index (χ0v) is 21.4. The summed E-state index contributed by atoms with van der Waals surface area (Å²) in [6.07, 6.45) is 9.31. The summed E-state index contributed by atoms with van der Waals surface area (Å²) >= 11 is 0. The number of esters is 1. The highest BCUT2D eigenvalue weighted by atomic mass is 16.6. The molecule has 2 atom stereocenters. The van der Waals surface area contributed by atoms with E-state index < -0.39 is 11.5 Å². The summed E-state index contributed by atoms with van der Waals surface area (Å²) in [6.45, 7) is 2.07. The highest BCUT2D eigenvalue weighted by Crippen LogP contribution is 2.40. The molecule has 37 heavy (non-hydrogen) atoms. The molecule has 0 spiro atoms. The number of cyclic esters (lactones) is 1. The van der Waals surface area contributed by atoms with Crippen LogP contribution in [0.2, 0.25) is 0 Å². The summed E-state index contributed by atoms with van der Waals surface area (Å²) < 4.78 is 18.5. The van der Waals surface area contributed by atoms with Crippen LogP contribution in [-0.2, 0) is 16.0 Å². The van der Waals surface area contributed by atoms with Crippen LogP contribution in [0.3, 0.4) is 0 Å². The van der Waals surface area contributed by atoms with Gasteiger partial charge in [-0.05, 0) is 36.2 Å². The second kappa shape index (κ2) is 11.7. The normalized spacial score (nSPS) is 17.9. The molecule has 1 aliphatic heterocycles. The highest BCUT2D eigenvalue weighted by molar-refractivity contribution is 6.11. The number of nitrogens with zero attached hydrogens (tertiary/aromatic N) is 2. The minimum atomic E-state index is -1.20. The van der Waals surface area contributed by atoms with Crippen LogP contribution in [0.25, 0.3) is 0 Å². The predicted molar refractivity (Wildman–Crippen MR) is 142 cm³/mol. The van der Waals surface area contributed by atoms with Gasteiger partial charge < -0.3 is 14.2 Å². The van der Waals surface area contributed by atoms with E-state index in [4.69, 9.17) is 19.2 Å². The van der Waals surface area contributed by atoms with Crippen LogP contribution in [0.4, 0.5) is 0 Å². The Bertz CT molecular complexity index is 1260. The van der Waals surface area contributed by atoms with Gasteiger partial charge in [-0.1, -0.05) is 61.9 Å². The topological polar surface area (TPSA) is 79.1 Å². The maximum Gasteiger partial charge on any atom is 0.341 e. The molecule has 0 N–H and O–H groups in total. The van der Waals surface area contributed by atoms with E-state index in [-0.39, 0.29) is 24.1 Å². The number of allylic oxidation sites excluding steroid dienone is 1. The lowest BCUT2D eigenvalue weighted by Crippen LogP contribution is -2.43. The van der Waals surface area contributed by atoms with E-state index in [1.807, 2.05) is 54.6 Å². The van der Waals surface area contributed by atoms with Gasteiger partial charge in [-0.15, -0.1) is 0 Å². The molecule has 0 aliphatic carbocycles. The van der Waals surface area contributed by atoms with Crippen LogP contribution in [-0.4, -0.2) is 42.1 Å². The van der Waals surface area contributed by atoms with Gasteiger partial charge in [0, 0.05) is 31.2 Å². The molecular weight excluding hydrogens is 468 g/mol. The fourth-order valence-corrected chi connectivity index (χ4v) is 4.72. The zero-order chi connectivity index (χ0) is 26.3. The summed E-state index contributed by atoms with van der Waals surface area (Å²) in [5, 5.41) is 0. The predicted octanol–water partition coefficient (Wildman–Crippen LogP) is 5.49. The summed E-state index contributed by atoms with van der Waals surface area (Å²) in [5.74, 6) is 0.404. The number of carbonyl (C=O) groups excluding carboxylic acids is 2. The molecule has 0 unspecified atom stereocenters. The van der Waals surface area contributed by atoms with Crippen molar-refractivity contribution in [2.75, 3.05) is 14.2 Å². The van der Waals surface area contributed by atoms with E-state index in [1.54, 1.807) is 49.4 Å². The number of aromatic nitrogens is 1. The number of benzene rings is 2. The zero-order valence-electron chi connectivity index (χ0n) is 21.4. The first kappa shape index (κ1) is 25.9. The molecular formula is C30H32N2O5. The number of rotatable bonds is 11. The van der Waals surface area contributed by atoms with Crippen LogP contribution in [0.1, 0.15) is 42.1 Å². The van der Waals surface area contributed by atoms with Gasteiger partial charge in [0.25, 0.3) is 0 Å². The minimum absolute atomic E-state index is 0.0504. The van der Waals surface area contributed by atoms with Crippen molar-refractivity contribution >= 4 is 17.8 Å². The van der Waals surface area contributed by atoms with Crippen LogP contribution < -0.4 is 9.47 Å². The lowest BCUT2D eigenvalue weighted by Gasteiger charge is -2.29. The Morgan fingerprint density at radius 1 is 1.03 bits per heavy atom. The van der Waals surface area contributed by atoms with Gasteiger partial charge in [-0.25, -0.2) is 9.79 Å². The Balaban J connectivity index is 1.77. The van der Waals surface area contributed by atoms with E-state index in [0.29, 0.717) is 29.9 Å². The average Bonchev–Trinajstić information content (AvgIpc) is 3.57. The molecule has 0 radical (unpaired) electrons. The smallest absolute Gasteiger partial charge is 0.341 e. The fourth-order valence-electron chi connectivity index (χ4n) is 4.72. The lowest BCUT2D eigenvalue weighted by molar-refractivity contribution is -0.140. The van der Waals surface area contributed by atoms with E-state index in [9.17, 15) is 9.59 Å². The van der Waals surface area contributed by atoms with Gasteiger partial charge in [-0.3, -0.25) is 9.36 Å². The molecule has 0 fully saturated rings. The first-order valence-corrected chi connectivity index (χ1v) is 12.4. The van der Waals surface area contributed by atoms with Crippen molar-refractivity contribution < 1.29 is 23.8 Å². The van der Waals surface area contributed by atoms with Gasteiger partial charge in [0.15, 0.2) is 5.54 Å². The van der Waals surface area contributed by atoms with Crippen molar-refractivity contribution in [3.63, 3.8) is 0 Å². The third-order valence-electron chi connectivity index (χ3n) is 6.57. The van der Waals surface area contributed by atoms with Crippen molar-refractivity contribution in [1.29, 1.82) is 0 Å². The molecule has 0 amide bonds. The lowest BCUT2D eigenvalue weighted by atomic mass is 9.77. The van der Waals surface area contributed by atoms with Crippen molar-refractivity contribution in [1.82, 2.24) is 4.57 Å². The Labute approximate surface area is 217 Å².